The van der Waals surface area contributed by atoms with Crippen LogP contribution in [-0.4, -0.2) is 24.0 Å². The minimum atomic E-state index is -0.920. The molecule has 0 heterocycles. The van der Waals surface area contributed by atoms with Gasteiger partial charge in [-0.1, -0.05) is 24.3 Å². The van der Waals surface area contributed by atoms with Crippen molar-refractivity contribution in [3.05, 3.63) is 65.2 Å². The molecule has 0 saturated carbocycles. The van der Waals surface area contributed by atoms with Crippen LogP contribution < -0.4 is 5.32 Å². The maximum Gasteiger partial charge on any atom is 0.216 e. The molecule has 1 amide bonds. The van der Waals surface area contributed by atoms with Gasteiger partial charge in [0.1, 0.15) is 0 Å². The van der Waals surface area contributed by atoms with E-state index in [1.165, 1.54) is 13.0 Å². The van der Waals surface area contributed by atoms with Crippen LogP contribution >= 0.6 is 11.8 Å². The number of ketones is 1. The first-order valence-corrected chi connectivity index (χ1v) is 8.38. The van der Waals surface area contributed by atoms with Crippen molar-refractivity contribution in [3.63, 3.8) is 0 Å². The SMILES string of the molecule is CC(=O)NCCc1ccc(C(=O)CSc2ccc(F)c(F)c2)cc1. The van der Waals surface area contributed by atoms with Gasteiger partial charge in [-0.15, -0.1) is 11.8 Å². The molecule has 2 aromatic rings. The Balaban J connectivity index is 1.87. The fourth-order valence-electron chi connectivity index (χ4n) is 2.04. The van der Waals surface area contributed by atoms with Crippen LogP contribution in [0.5, 0.6) is 0 Å². The van der Waals surface area contributed by atoms with Gasteiger partial charge >= 0.3 is 0 Å². The minimum absolute atomic E-state index is 0.0731. The largest absolute Gasteiger partial charge is 0.356 e. The van der Waals surface area contributed by atoms with Crippen LogP contribution in [0.25, 0.3) is 0 Å². The number of carbonyl (C=O) groups is 2. The first-order valence-electron chi connectivity index (χ1n) is 7.40. The Kier molecular flexibility index (Phi) is 6.49. The van der Waals surface area contributed by atoms with E-state index in [1.807, 2.05) is 12.1 Å². The van der Waals surface area contributed by atoms with Crippen molar-refractivity contribution in [2.45, 2.75) is 18.2 Å². The zero-order valence-electron chi connectivity index (χ0n) is 13.1. The molecule has 3 nitrogen and oxygen atoms in total. The number of carbonyl (C=O) groups excluding carboxylic acids is 2. The molecule has 0 unspecified atom stereocenters. The van der Waals surface area contributed by atoms with Crippen molar-refractivity contribution in [2.75, 3.05) is 12.3 Å². The van der Waals surface area contributed by atoms with E-state index < -0.39 is 11.6 Å². The van der Waals surface area contributed by atoms with E-state index in [0.717, 1.165) is 29.5 Å². The van der Waals surface area contributed by atoms with Crippen molar-refractivity contribution in [3.8, 4) is 0 Å². The van der Waals surface area contributed by atoms with Crippen molar-refractivity contribution in [1.29, 1.82) is 0 Å². The molecule has 0 fully saturated rings. The summed E-state index contributed by atoms with van der Waals surface area (Å²) in [6.07, 6.45) is 0.692. The molecule has 1 N–H and O–H groups in total. The molecule has 0 aromatic heterocycles. The van der Waals surface area contributed by atoms with Crippen LogP contribution in [0.15, 0.2) is 47.4 Å². The van der Waals surface area contributed by atoms with Gasteiger partial charge in [-0.2, -0.15) is 0 Å². The highest BCUT2D eigenvalue weighted by molar-refractivity contribution is 8.00. The van der Waals surface area contributed by atoms with Crippen LogP contribution in [0.3, 0.4) is 0 Å². The molecule has 126 valence electrons. The number of hydrogen-bond donors (Lipinski definition) is 1. The van der Waals surface area contributed by atoms with E-state index in [2.05, 4.69) is 5.32 Å². The summed E-state index contributed by atoms with van der Waals surface area (Å²) in [5.41, 5.74) is 1.59. The number of benzene rings is 2. The predicted molar refractivity (Wildman–Crippen MR) is 90.2 cm³/mol. The highest BCUT2D eigenvalue weighted by atomic mass is 32.2. The van der Waals surface area contributed by atoms with Crippen molar-refractivity contribution < 1.29 is 18.4 Å². The van der Waals surface area contributed by atoms with Gasteiger partial charge in [0.2, 0.25) is 5.91 Å². The zero-order valence-corrected chi connectivity index (χ0v) is 14.0. The van der Waals surface area contributed by atoms with Gasteiger partial charge in [0.25, 0.3) is 0 Å². The summed E-state index contributed by atoms with van der Waals surface area (Å²) < 4.78 is 26.0. The second kappa shape index (κ2) is 8.59. The second-order valence-electron chi connectivity index (χ2n) is 5.22. The molecule has 0 radical (unpaired) electrons. The quantitative estimate of drug-likeness (QED) is 0.613. The Hall–Kier alpha value is -2.21. The second-order valence-corrected chi connectivity index (χ2v) is 6.27. The molecule has 0 atom stereocenters. The predicted octanol–water partition coefficient (Wildman–Crippen LogP) is 3.62. The van der Waals surface area contributed by atoms with Gasteiger partial charge < -0.3 is 5.32 Å². The minimum Gasteiger partial charge on any atom is -0.356 e. The molecular formula is C18H17F2NO2S. The lowest BCUT2D eigenvalue weighted by atomic mass is 10.1. The smallest absolute Gasteiger partial charge is 0.216 e. The Morgan fingerprint density at radius 2 is 1.75 bits per heavy atom. The van der Waals surface area contributed by atoms with Gasteiger partial charge in [0, 0.05) is 23.9 Å². The third kappa shape index (κ3) is 5.45. The highest BCUT2D eigenvalue weighted by Crippen LogP contribution is 2.21. The Bertz CT molecular complexity index is 732. The average molecular weight is 349 g/mol. The summed E-state index contributed by atoms with van der Waals surface area (Å²) >= 11 is 1.16. The van der Waals surface area contributed by atoms with E-state index >= 15 is 0 Å². The van der Waals surface area contributed by atoms with Gasteiger partial charge in [0.15, 0.2) is 17.4 Å². The van der Waals surface area contributed by atoms with E-state index in [4.69, 9.17) is 0 Å². The maximum atomic E-state index is 13.1. The molecule has 6 heteroatoms. The van der Waals surface area contributed by atoms with E-state index in [9.17, 15) is 18.4 Å². The number of rotatable bonds is 7. The summed E-state index contributed by atoms with van der Waals surface area (Å²) in [5.74, 6) is -1.83. The zero-order chi connectivity index (χ0) is 17.5. The van der Waals surface area contributed by atoms with Gasteiger partial charge in [0.05, 0.1) is 5.75 Å². The fourth-order valence-corrected chi connectivity index (χ4v) is 2.85. The summed E-state index contributed by atoms with van der Waals surface area (Å²) in [6.45, 7) is 2.01. The average Bonchev–Trinajstić information content (AvgIpc) is 2.56. The molecule has 0 aliphatic rings. The van der Waals surface area contributed by atoms with Crippen LogP contribution in [0.2, 0.25) is 0 Å². The summed E-state index contributed by atoms with van der Waals surface area (Å²) in [5, 5.41) is 2.71. The first-order chi connectivity index (χ1) is 11.5. The fraction of sp³-hybridized carbons (Fsp3) is 0.222. The van der Waals surface area contributed by atoms with Crippen LogP contribution in [0, 0.1) is 11.6 Å². The molecular weight excluding hydrogens is 332 g/mol. The first kappa shape index (κ1) is 18.1. The maximum absolute atomic E-state index is 13.1. The summed E-state index contributed by atoms with van der Waals surface area (Å²) in [7, 11) is 0. The van der Waals surface area contributed by atoms with E-state index in [0.29, 0.717) is 23.4 Å². The van der Waals surface area contributed by atoms with Crippen LogP contribution in [-0.2, 0) is 11.2 Å². The third-order valence-electron chi connectivity index (χ3n) is 3.32. The molecule has 24 heavy (non-hydrogen) atoms. The number of amides is 1. The molecule has 0 saturated heterocycles. The molecule has 0 spiro atoms. The Morgan fingerprint density at radius 1 is 1.04 bits per heavy atom. The summed E-state index contributed by atoms with van der Waals surface area (Å²) in [4.78, 5) is 23.5. The third-order valence-corrected chi connectivity index (χ3v) is 4.32. The van der Waals surface area contributed by atoms with Gasteiger partial charge in [-0.25, -0.2) is 8.78 Å². The number of nitrogens with one attached hydrogen (secondary N) is 1. The number of halogens is 2. The Morgan fingerprint density at radius 3 is 2.38 bits per heavy atom. The summed E-state index contributed by atoms with van der Waals surface area (Å²) in [6, 6.07) is 10.7. The number of Topliss-reactive ketones (excluding diaryl/α,β-unsaturated/α-hetero) is 1. The normalized spacial score (nSPS) is 10.5. The van der Waals surface area contributed by atoms with Crippen LogP contribution in [0.1, 0.15) is 22.8 Å². The highest BCUT2D eigenvalue weighted by Gasteiger charge is 2.09. The van der Waals surface area contributed by atoms with Crippen molar-refractivity contribution in [2.24, 2.45) is 0 Å². The molecule has 0 aliphatic carbocycles. The standard InChI is InChI=1S/C18H17F2NO2S/c1-12(22)21-9-8-13-2-4-14(5-3-13)18(23)11-24-15-6-7-16(19)17(20)10-15/h2-7,10H,8-9,11H2,1H3,(H,21,22). The van der Waals surface area contributed by atoms with E-state index in [-0.39, 0.29) is 17.4 Å². The lowest BCUT2D eigenvalue weighted by Gasteiger charge is -2.05. The molecule has 2 rings (SSSR count). The molecule has 0 bridgehead atoms. The number of thioether (sulfide) groups is 1. The van der Waals surface area contributed by atoms with Gasteiger partial charge in [-0.05, 0) is 30.2 Å². The van der Waals surface area contributed by atoms with Gasteiger partial charge in [-0.3, -0.25) is 9.59 Å². The molecule has 0 aliphatic heterocycles. The topological polar surface area (TPSA) is 46.2 Å². The van der Waals surface area contributed by atoms with Crippen molar-refractivity contribution >= 4 is 23.5 Å². The van der Waals surface area contributed by atoms with Crippen molar-refractivity contribution in [1.82, 2.24) is 5.32 Å². The number of hydrogen-bond acceptors (Lipinski definition) is 3. The lowest BCUT2D eigenvalue weighted by molar-refractivity contribution is -0.118. The Labute approximate surface area is 143 Å². The lowest BCUT2D eigenvalue weighted by Crippen LogP contribution is -2.22. The molecule has 2 aromatic carbocycles. The van der Waals surface area contributed by atoms with Crippen LogP contribution in [0.4, 0.5) is 8.78 Å². The van der Waals surface area contributed by atoms with E-state index in [1.54, 1.807) is 12.1 Å². The monoisotopic (exact) mass is 349 g/mol.